The summed E-state index contributed by atoms with van der Waals surface area (Å²) in [5, 5.41) is 7.27. The van der Waals surface area contributed by atoms with Crippen LogP contribution in [0.2, 0.25) is 5.02 Å². The van der Waals surface area contributed by atoms with Crippen molar-refractivity contribution in [3.63, 3.8) is 0 Å². The molecule has 2 unspecified atom stereocenters. The first kappa shape index (κ1) is 22.0. The van der Waals surface area contributed by atoms with Crippen LogP contribution in [0.5, 0.6) is 0 Å². The molecule has 166 valence electrons. The minimum atomic E-state index is -0.592. The van der Waals surface area contributed by atoms with E-state index < -0.39 is 5.91 Å². The molecular weight excluding hydrogens is 424 g/mol. The number of primary amides is 1. The lowest BCUT2D eigenvalue weighted by molar-refractivity contribution is 0.100. The van der Waals surface area contributed by atoms with E-state index in [2.05, 4.69) is 20.6 Å². The normalized spacial score (nSPS) is 18.2. The molecule has 8 heteroatoms. The van der Waals surface area contributed by atoms with Gasteiger partial charge in [0.2, 0.25) is 5.95 Å². The van der Waals surface area contributed by atoms with Gasteiger partial charge in [0, 0.05) is 29.0 Å². The highest BCUT2D eigenvalue weighted by Crippen LogP contribution is 2.24. The molecule has 1 heterocycles. The standard InChI is InChI=1S/C24H27ClN6O/c25-17-10-8-15(9-11-17)12-16-4-3-5-18(13-16)29-23-19(22(27)32)14-28-24(31-23)30-21-7-2-1-6-20(21)26/h3-5,8-11,13-14,20-21H,1-2,6-7,12,26H2,(H2,27,32)(H2,28,29,30,31). The Hall–Kier alpha value is -3.16. The molecule has 1 aliphatic rings. The summed E-state index contributed by atoms with van der Waals surface area (Å²) in [7, 11) is 0. The summed E-state index contributed by atoms with van der Waals surface area (Å²) in [5.41, 5.74) is 15.1. The van der Waals surface area contributed by atoms with Crippen LogP contribution in [0.1, 0.15) is 47.2 Å². The van der Waals surface area contributed by atoms with Gasteiger partial charge in [-0.15, -0.1) is 0 Å². The Kier molecular flexibility index (Phi) is 6.87. The molecule has 0 saturated heterocycles. The quantitative estimate of drug-likeness (QED) is 0.427. The van der Waals surface area contributed by atoms with Crippen molar-refractivity contribution in [3.8, 4) is 0 Å². The van der Waals surface area contributed by atoms with Gasteiger partial charge in [-0.3, -0.25) is 4.79 Å². The van der Waals surface area contributed by atoms with Gasteiger partial charge < -0.3 is 22.1 Å². The van der Waals surface area contributed by atoms with E-state index in [1.165, 1.54) is 6.20 Å². The average molecular weight is 451 g/mol. The molecule has 0 radical (unpaired) electrons. The fourth-order valence-corrected chi connectivity index (χ4v) is 4.09. The lowest BCUT2D eigenvalue weighted by Crippen LogP contribution is -2.43. The molecule has 1 fully saturated rings. The Labute approximate surface area is 192 Å². The summed E-state index contributed by atoms with van der Waals surface area (Å²) in [6.07, 6.45) is 6.41. The first-order chi connectivity index (χ1) is 15.5. The Bertz CT molecular complexity index is 1090. The van der Waals surface area contributed by atoms with Crippen LogP contribution in [0.15, 0.2) is 54.7 Å². The van der Waals surface area contributed by atoms with Gasteiger partial charge in [-0.2, -0.15) is 4.98 Å². The molecule has 1 amide bonds. The summed E-state index contributed by atoms with van der Waals surface area (Å²) in [6.45, 7) is 0. The molecule has 1 aromatic heterocycles. The number of nitrogens with two attached hydrogens (primary N) is 2. The van der Waals surface area contributed by atoms with Crippen molar-refractivity contribution >= 4 is 35.0 Å². The number of rotatable bonds is 7. The first-order valence-electron chi connectivity index (χ1n) is 10.8. The maximum Gasteiger partial charge on any atom is 0.254 e. The molecule has 6 N–H and O–H groups in total. The molecule has 0 spiro atoms. The smallest absolute Gasteiger partial charge is 0.254 e. The van der Waals surface area contributed by atoms with Crippen molar-refractivity contribution in [2.24, 2.45) is 11.5 Å². The molecule has 2 aromatic carbocycles. The average Bonchev–Trinajstić information content (AvgIpc) is 2.77. The summed E-state index contributed by atoms with van der Waals surface area (Å²) < 4.78 is 0. The summed E-state index contributed by atoms with van der Waals surface area (Å²) in [5.74, 6) is 0.200. The molecule has 32 heavy (non-hydrogen) atoms. The van der Waals surface area contributed by atoms with Crippen LogP contribution in [-0.2, 0) is 6.42 Å². The third-order valence-corrected chi connectivity index (χ3v) is 5.95. The second kappa shape index (κ2) is 9.97. The van der Waals surface area contributed by atoms with Gasteiger partial charge in [0.05, 0.1) is 0 Å². The van der Waals surface area contributed by atoms with Crippen LogP contribution in [0, 0.1) is 0 Å². The maximum atomic E-state index is 12.0. The summed E-state index contributed by atoms with van der Waals surface area (Å²) >= 11 is 5.98. The number of nitrogens with zero attached hydrogens (tertiary/aromatic N) is 2. The number of benzene rings is 2. The van der Waals surface area contributed by atoms with Gasteiger partial charge in [-0.25, -0.2) is 4.98 Å². The lowest BCUT2D eigenvalue weighted by Gasteiger charge is -2.29. The van der Waals surface area contributed by atoms with Gasteiger partial charge in [0.25, 0.3) is 5.91 Å². The Balaban J connectivity index is 1.54. The topological polar surface area (TPSA) is 119 Å². The van der Waals surface area contributed by atoms with Crippen molar-refractivity contribution in [2.45, 2.75) is 44.2 Å². The van der Waals surface area contributed by atoms with Gasteiger partial charge >= 0.3 is 0 Å². The number of carbonyl (C=O) groups is 1. The molecule has 0 bridgehead atoms. The first-order valence-corrected chi connectivity index (χ1v) is 11.1. The van der Waals surface area contributed by atoms with E-state index in [1.807, 2.05) is 48.5 Å². The number of nitrogens with one attached hydrogen (secondary N) is 2. The van der Waals surface area contributed by atoms with Crippen molar-refractivity contribution in [2.75, 3.05) is 10.6 Å². The number of anilines is 3. The van der Waals surface area contributed by atoms with Crippen LogP contribution in [0.4, 0.5) is 17.5 Å². The molecule has 1 saturated carbocycles. The van der Waals surface area contributed by atoms with E-state index >= 15 is 0 Å². The Morgan fingerprint density at radius 3 is 2.62 bits per heavy atom. The minimum absolute atomic E-state index is 0.0594. The van der Waals surface area contributed by atoms with Crippen molar-refractivity contribution < 1.29 is 4.79 Å². The van der Waals surface area contributed by atoms with Crippen molar-refractivity contribution in [1.82, 2.24) is 9.97 Å². The zero-order valence-corrected chi connectivity index (χ0v) is 18.5. The Morgan fingerprint density at radius 1 is 1.09 bits per heavy atom. The highest BCUT2D eigenvalue weighted by atomic mass is 35.5. The van der Waals surface area contributed by atoms with E-state index in [-0.39, 0.29) is 17.6 Å². The van der Waals surface area contributed by atoms with Gasteiger partial charge in [-0.05, 0) is 54.7 Å². The SMILES string of the molecule is NC(=O)c1cnc(NC2CCCCC2N)nc1Nc1cccc(Cc2ccc(Cl)cc2)c1. The molecule has 4 rings (SSSR count). The zero-order chi connectivity index (χ0) is 22.5. The predicted molar refractivity (Wildman–Crippen MR) is 128 cm³/mol. The second-order valence-corrected chi connectivity index (χ2v) is 8.58. The molecular formula is C24H27ClN6O. The number of amides is 1. The molecule has 1 aliphatic carbocycles. The van der Waals surface area contributed by atoms with E-state index in [0.717, 1.165) is 48.9 Å². The molecule has 0 aliphatic heterocycles. The second-order valence-electron chi connectivity index (χ2n) is 8.15. The highest BCUT2D eigenvalue weighted by Gasteiger charge is 2.23. The number of aromatic nitrogens is 2. The predicted octanol–water partition coefficient (Wildman–Crippen LogP) is 4.25. The van der Waals surface area contributed by atoms with E-state index in [9.17, 15) is 4.79 Å². The summed E-state index contributed by atoms with van der Waals surface area (Å²) in [6, 6.07) is 15.9. The van der Waals surface area contributed by atoms with E-state index in [1.54, 1.807) is 0 Å². The largest absolute Gasteiger partial charge is 0.365 e. The van der Waals surface area contributed by atoms with Gasteiger partial charge in [0.1, 0.15) is 11.4 Å². The van der Waals surface area contributed by atoms with Crippen LogP contribution in [0.3, 0.4) is 0 Å². The summed E-state index contributed by atoms with van der Waals surface area (Å²) in [4.78, 5) is 20.8. The molecule has 7 nitrogen and oxygen atoms in total. The van der Waals surface area contributed by atoms with Gasteiger partial charge in [-0.1, -0.05) is 48.7 Å². The van der Waals surface area contributed by atoms with E-state index in [4.69, 9.17) is 23.1 Å². The van der Waals surface area contributed by atoms with Crippen LogP contribution < -0.4 is 22.1 Å². The van der Waals surface area contributed by atoms with Gasteiger partial charge in [0.15, 0.2) is 0 Å². The zero-order valence-electron chi connectivity index (χ0n) is 17.7. The third kappa shape index (κ3) is 5.55. The molecule has 3 aromatic rings. The fraction of sp³-hybridized carbons (Fsp3) is 0.292. The van der Waals surface area contributed by atoms with Crippen LogP contribution in [-0.4, -0.2) is 28.0 Å². The van der Waals surface area contributed by atoms with Crippen molar-refractivity contribution in [3.05, 3.63) is 76.4 Å². The van der Waals surface area contributed by atoms with E-state index in [0.29, 0.717) is 16.8 Å². The van der Waals surface area contributed by atoms with Crippen LogP contribution in [0.25, 0.3) is 0 Å². The number of hydrogen-bond donors (Lipinski definition) is 4. The lowest BCUT2D eigenvalue weighted by atomic mass is 9.91. The minimum Gasteiger partial charge on any atom is -0.365 e. The highest BCUT2D eigenvalue weighted by molar-refractivity contribution is 6.30. The number of hydrogen-bond acceptors (Lipinski definition) is 6. The Morgan fingerprint density at radius 2 is 1.88 bits per heavy atom. The van der Waals surface area contributed by atoms with Crippen LogP contribution >= 0.6 is 11.6 Å². The van der Waals surface area contributed by atoms with Crippen molar-refractivity contribution in [1.29, 1.82) is 0 Å². The maximum absolute atomic E-state index is 12.0. The monoisotopic (exact) mass is 450 g/mol. The third-order valence-electron chi connectivity index (χ3n) is 5.70. The fourth-order valence-electron chi connectivity index (χ4n) is 3.97. The number of halogens is 1. The number of carbonyl (C=O) groups excluding carboxylic acids is 1. The molecule has 2 atom stereocenters.